The number of nitrogens with zero attached hydrogens (tertiary/aromatic N) is 1. The first-order valence-electron chi connectivity index (χ1n) is 8.98. The Morgan fingerprint density at radius 2 is 1.83 bits per heavy atom. The minimum atomic E-state index is -0.343. The zero-order valence-electron chi connectivity index (χ0n) is 15.5. The van der Waals surface area contributed by atoms with E-state index in [9.17, 15) is 18.8 Å². The van der Waals surface area contributed by atoms with E-state index in [1.807, 2.05) is 30.3 Å². The van der Waals surface area contributed by atoms with E-state index >= 15 is 0 Å². The first kappa shape index (κ1) is 21.1. The Kier molecular flexibility index (Phi) is 7.48. The molecule has 0 bridgehead atoms. The summed E-state index contributed by atoms with van der Waals surface area (Å²) in [6.45, 7) is 0.338. The molecule has 1 fully saturated rings. The van der Waals surface area contributed by atoms with Gasteiger partial charge in [0, 0.05) is 30.2 Å². The molecule has 1 N–H and O–H groups in total. The highest BCUT2D eigenvalue weighted by molar-refractivity contribution is 8.18. The summed E-state index contributed by atoms with van der Waals surface area (Å²) in [5.41, 5.74) is 0.852. The van der Waals surface area contributed by atoms with Crippen molar-refractivity contribution in [2.45, 2.75) is 11.3 Å². The van der Waals surface area contributed by atoms with Crippen LogP contribution in [0, 0.1) is 5.82 Å². The van der Waals surface area contributed by atoms with Gasteiger partial charge in [-0.25, -0.2) is 4.39 Å². The van der Waals surface area contributed by atoms with Gasteiger partial charge in [0.25, 0.3) is 11.1 Å². The van der Waals surface area contributed by atoms with E-state index in [4.69, 9.17) is 0 Å². The van der Waals surface area contributed by atoms with Crippen LogP contribution >= 0.6 is 23.5 Å². The van der Waals surface area contributed by atoms with Gasteiger partial charge in [0.1, 0.15) is 5.82 Å². The van der Waals surface area contributed by atoms with Gasteiger partial charge in [0.05, 0.1) is 4.91 Å². The second-order valence-electron chi connectivity index (χ2n) is 6.15. The van der Waals surface area contributed by atoms with Crippen molar-refractivity contribution in [1.29, 1.82) is 0 Å². The van der Waals surface area contributed by atoms with Gasteiger partial charge in [0.15, 0.2) is 0 Å². The molecule has 29 heavy (non-hydrogen) atoms. The topological polar surface area (TPSA) is 66.5 Å². The number of rotatable bonds is 8. The fourth-order valence-electron chi connectivity index (χ4n) is 2.58. The van der Waals surface area contributed by atoms with Crippen LogP contribution in [0.1, 0.15) is 12.0 Å². The molecule has 0 radical (unpaired) electrons. The lowest BCUT2D eigenvalue weighted by Gasteiger charge is -2.13. The first-order valence-corrected chi connectivity index (χ1v) is 10.8. The Morgan fingerprint density at radius 1 is 1.10 bits per heavy atom. The van der Waals surface area contributed by atoms with Crippen molar-refractivity contribution in [2.75, 3.05) is 18.8 Å². The number of hydrogen-bond donors (Lipinski definition) is 1. The van der Waals surface area contributed by atoms with Crippen molar-refractivity contribution in [3.05, 3.63) is 70.9 Å². The van der Waals surface area contributed by atoms with Crippen molar-refractivity contribution in [3.63, 3.8) is 0 Å². The van der Waals surface area contributed by atoms with E-state index in [2.05, 4.69) is 5.32 Å². The van der Waals surface area contributed by atoms with Crippen LogP contribution in [0.4, 0.5) is 9.18 Å². The molecule has 0 aromatic heterocycles. The van der Waals surface area contributed by atoms with Crippen LogP contribution < -0.4 is 5.32 Å². The average Bonchev–Trinajstić information content (AvgIpc) is 2.97. The number of imide groups is 1. The Hall–Kier alpha value is -2.58. The fraction of sp³-hybridized carbons (Fsp3) is 0.190. The van der Waals surface area contributed by atoms with Crippen molar-refractivity contribution < 1.29 is 18.8 Å². The number of thioether (sulfide) groups is 2. The molecule has 2 aromatic rings. The Labute approximate surface area is 176 Å². The van der Waals surface area contributed by atoms with Crippen LogP contribution in [0.5, 0.6) is 0 Å². The lowest BCUT2D eigenvalue weighted by Crippen LogP contribution is -2.37. The molecule has 2 aromatic carbocycles. The fourth-order valence-corrected chi connectivity index (χ4v) is 4.30. The number of nitrogens with one attached hydrogen (secondary N) is 1. The van der Waals surface area contributed by atoms with Gasteiger partial charge in [-0.15, -0.1) is 11.8 Å². The van der Waals surface area contributed by atoms with E-state index in [0.29, 0.717) is 10.7 Å². The summed E-state index contributed by atoms with van der Waals surface area (Å²) >= 11 is 2.36. The third-order valence-electron chi connectivity index (χ3n) is 4.04. The molecule has 1 aliphatic heterocycles. The van der Waals surface area contributed by atoms with E-state index < -0.39 is 0 Å². The summed E-state index contributed by atoms with van der Waals surface area (Å²) in [4.78, 5) is 38.9. The van der Waals surface area contributed by atoms with Crippen molar-refractivity contribution in [1.82, 2.24) is 10.2 Å². The molecule has 0 aliphatic carbocycles. The summed E-state index contributed by atoms with van der Waals surface area (Å²) in [5, 5.41) is 2.39. The number of carbonyl (C=O) groups is 3. The van der Waals surface area contributed by atoms with Crippen LogP contribution in [0.3, 0.4) is 0 Å². The molecule has 150 valence electrons. The van der Waals surface area contributed by atoms with E-state index in [0.717, 1.165) is 27.1 Å². The van der Waals surface area contributed by atoms with Gasteiger partial charge in [-0.05, 0) is 47.7 Å². The Bertz CT molecular complexity index is 917. The second-order valence-corrected chi connectivity index (χ2v) is 8.31. The Morgan fingerprint density at radius 3 is 2.55 bits per heavy atom. The molecular formula is C21H19FN2O3S2. The predicted molar refractivity (Wildman–Crippen MR) is 114 cm³/mol. The van der Waals surface area contributed by atoms with E-state index in [1.165, 1.54) is 23.9 Å². The largest absolute Gasteiger partial charge is 0.354 e. The highest BCUT2D eigenvalue weighted by Crippen LogP contribution is 2.31. The van der Waals surface area contributed by atoms with Gasteiger partial charge in [0.2, 0.25) is 5.91 Å². The van der Waals surface area contributed by atoms with Gasteiger partial charge in [-0.1, -0.05) is 30.3 Å². The third kappa shape index (κ3) is 6.20. The summed E-state index contributed by atoms with van der Waals surface area (Å²) < 4.78 is 12.9. The molecule has 8 heteroatoms. The van der Waals surface area contributed by atoms with E-state index in [-0.39, 0.29) is 42.4 Å². The molecule has 0 atom stereocenters. The molecule has 3 rings (SSSR count). The minimum Gasteiger partial charge on any atom is -0.354 e. The lowest BCUT2D eigenvalue weighted by atomic mass is 10.2. The molecule has 1 aliphatic rings. The molecule has 0 spiro atoms. The van der Waals surface area contributed by atoms with Crippen LogP contribution in [-0.4, -0.2) is 40.8 Å². The smallest absolute Gasteiger partial charge is 0.293 e. The Balaban J connectivity index is 1.41. The van der Waals surface area contributed by atoms with Crippen LogP contribution in [0.15, 0.2) is 64.4 Å². The predicted octanol–water partition coefficient (Wildman–Crippen LogP) is 4.16. The van der Waals surface area contributed by atoms with Gasteiger partial charge in [-0.2, -0.15) is 0 Å². The standard InChI is InChI=1S/C21H19FN2O3S2/c22-16-6-8-17(9-7-16)28-13-10-19(25)23-11-12-24-20(26)18(29-21(24)27)14-15-4-2-1-3-5-15/h1-9,14H,10-13H2,(H,23,25)/b18-14-. The van der Waals surface area contributed by atoms with E-state index in [1.54, 1.807) is 18.2 Å². The maximum absolute atomic E-state index is 12.9. The van der Waals surface area contributed by atoms with Crippen LogP contribution in [-0.2, 0) is 9.59 Å². The third-order valence-corrected chi connectivity index (χ3v) is 5.96. The average molecular weight is 431 g/mol. The van der Waals surface area contributed by atoms with Crippen molar-refractivity contribution >= 4 is 46.7 Å². The first-order chi connectivity index (χ1) is 14.0. The van der Waals surface area contributed by atoms with Crippen LogP contribution in [0.25, 0.3) is 6.08 Å². The number of halogens is 1. The number of carbonyl (C=O) groups excluding carboxylic acids is 3. The maximum atomic E-state index is 12.9. The maximum Gasteiger partial charge on any atom is 0.293 e. The molecule has 0 saturated carbocycles. The molecule has 5 nitrogen and oxygen atoms in total. The monoisotopic (exact) mass is 430 g/mol. The van der Waals surface area contributed by atoms with Crippen LogP contribution in [0.2, 0.25) is 0 Å². The number of hydrogen-bond acceptors (Lipinski definition) is 5. The summed E-state index contributed by atoms with van der Waals surface area (Å²) in [6.07, 6.45) is 1.98. The molecule has 1 saturated heterocycles. The quantitative estimate of drug-likeness (QED) is 0.503. The SMILES string of the molecule is O=C(CCSc1ccc(F)cc1)NCCN1C(=O)S/C(=C\c2ccccc2)C1=O. The van der Waals surface area contributed by atoms with Gasteiger partial charge in [-0.3, -0.25) is 19.3 Å². The van der Waals surface area contributed by atoms with Crippen molar-refractivity contribution in [2.24, 2.45) is 0 Å². The zero-order valence-corrected chi connectivity index (χ0v) is 17.1. The second kappa shape index (κ2) is 10.3. The van der Waals surface area contributed by atoms with Crippen molar-refractivity contribution in [3.8, 4) is 0 Å². The lowest BCUT2D eigenvalue weighted by molar-refractivity contribution is -0.124. The summed E-state index contributed by atoms with van der Waals surface area (Å²) in [7, 11) is 0. The molecular weight excluding hydrogens is 411 g/mol. The number of amides is 3. The number of benzene rings is 2. The summed E-state index contributed by atoms with van der Waals surface area (Å²) in [6, 6.07) is 15.4. The minimum absolute atomic E-state index is 0.133. The molecule has 1 heterocycles. The van der Waals surface area contributed by atoms with Gasteiger partial charge >= 0.3 is 0 Å². The summed E-state index contributed by atoms with van der Waals surface area (Å²) in [5.74, 6) is -0.242. The zero-order chi connectivity index (χ0) is 20.6. The normalized spacial score (nSPS) is 15.2. The molecule has 0 unspecified atom stereocenters. The van der Waals surface area contributed by atoms with Gasteiger partial charge < -0.3 is 5.32 Å². The highest BCUT2D eigenvalue weighted by atomic mass is 32.2. The molecule has 3 amide bonds. The highest BCUT2D eigenvalue weighted by Gasteiger charge is 2.34.